The molecule has 0 atom stereocenters. The number of amides is 2. The average molecular weight is 560 g/mol. The van der Waals surface area contributed by atoms with Crippen molar-refractivity contribution in [3.8, 4) is 0 Å². The predicted octanol–water partition coefficient (Wildman–Crippen LogP) is 5.93. The van der Waals surface area contributed by atoms with Crippen molar-refractivity contribution in [2.75, 3.05) is 30.9 Å². The molecule has 3 heterocycles. The Balaban J connectivity index is 1.22. The molecule has 40 heavy (non-hydrogen) atoms. The highest BCUT2D eigenvalue weighted by molar-refractivity contribution is 8.00. The van der Waals surface area contributed by atoms with E-state index in [1.165, 1.54) is 35.2 Å². The van der Waals surface area contributed by atoms with Gasteiger partial charge in [-0.1, -0.05) is 24.8 Å². The number of piperazine rings is 1. The molecule has 1 aliphatic rings. The Labute approximate surface area is 235 Å². The summed E-state index contributed by atoms with van der Waals surface area (Å²) >= 11 is 1.46. The molecule has 1 fully saturated rings. The van der Waals surface area contributed by atoms with Gasteiger partial charge in [-0.05, 0) is 73.0 Å². The number of nitrogens with zero attached hydrogens (tertiary/aromatic N) is 4. The number of rotatable bonds is 7. The number of aromatic nitrogens is 2. The number of pyridine rings is 2. The van der Waals surface area contributed by atoms with E-state index in [0.29, 0.717) is 11.6 Å². The van der Waals surface area contributed by atoms with Gasteiger partial charge >= 0.3 is 0 Å². The van der Waals surface area contributed by atoms with Crippen molar-refractivity contribution < 1.29 is 18.4 Å². The molecule has 2 aromatic carbocycles. The van der Waals surface area contributed by atoms with Crippen LogP contribution in [0.15, 0.2) is 90.6 Å². The maximum Gasteiger partial charge on any atom is 0.293 e. The lowest BCUT2D eigenvalue weighted by Gasteiger charge is -2.35. The van der Waals surface area contributed by atoms with Crippen LogP contribution in [0.5, 0.6) is 0 Å². The third kappa shape index (κ3) is 5.53. The van der Waals surface area contributed by atoms with Gasteiger partial charge < -0.3 is 14.5 Å². The molecule has 0 bridgehead atoms. The number of para-hydroxylation sites is 1. The van der Waals surface area contributed by atoms with Gasteiger partial charge in [0.15, 0.2) is 0 Å². The molecule has 7 nitrogen and oxygen atoms in total. The van der Waals surface area contributed by atoms with E-state index in [4.69, 9.17) is 0 Å². The van der Waals surface area contributed by atoms with Crippen LogP contribution in [-0.4, -0.2) is 57.8 Å². The Morgan fingerprint density at radius 3 is 2.35 bits per heavy atom. The van der Waals surface area contributed by atoms with Crippen molar-refractivity contribution in [2.24, 2.45) is 0 Å². The van der Waals surface area contributed by atoms with Crippen molar-refractivity contribution in [1.29, 1.82) is 0 Å². The largest absolute Gasteiger partial charge is 0.335 e. The first kappa shape index (κ1) is 27.3. The summed E-state index contributed by atoms with van der Waals surface area (Å²) in [5.41, 5.74) is 2.46. The number of alkyl halides is 2. The van der Waals surface area contributed by atoms with E-state index in [0.717, 1.165) is 27.0 Å². The van der Waals surface area contributed by atoms with Crippen molar-refractivity contribution in [3.63, 3.8) is 0 Å². The van der Waals surface area contributed by atoms with Crippen LogP contribution < -0.4 is 4.72 Å². The number of allylic oxidation sites excluding steroid dienone is 1. The van der Waals surface area contributed by atoms with Gasteiger partial charge in [-0.25, -0.2) is 0 Å². The Morgan fingerprint density at radius 2 is 1.62 bits per heavy atom. The monoisotopic (exact) mass is 559 g/mol. The highest BCUT2D eigenvalue weighted by Gasteiger charge is 2.35. The van der Waals surface area contributed by atoms with Gasteiger partial charge in [0.2, 0.25) is 0 Å². The Bertz CT molecular complexity index is 1580. The quantitative estimate of drug-likeness (QED) is 0.223. The first-order valence-electron chi connectivity index (χ1n) is 12.7. The molecule has 0 unspecified atom stereocenters. The molecule has 1 N–H and O–H groups in total. The molecule has 5 rings (SSSR count). The SMILES string of the molecule is C=CC(F)(F)c1cccnc1C(=O)N1CCN(C(=O)c2ccc(NSc3cccc4cccnc34)c(C)c2)CC1. The molecular formula is C30H27F2N5O2S. The van der Waals surface area contributed by atoms with Crippen LogP contribution >= 0.6 is 11.9 Å². The zero-order chi connectivity index (χ0) is 28.3. The summed E-state index contributed by atoms with van der Waals surface area (Å²) in [6.07, 6.45) is 3.58. The number of fused-ring (bicyclic) bond motifs is 1. The van der Waals surface area contributed by atoms with Gasteiger partial charge in [0, 0.05) is 55.2 Å². The molecular weight excluding hydrogens is 532 g/mol. The van der Waals surface area contributed by atoms with Crippen LogP contribution in [-0.2, 0) is 5.92 Å². The van der Waals surface area contributed by atoms with Crippen molar-refractivity contribution in [2.45, 2.75) is 17.7 Å². The van der Waals surface area contributed by atoms with Gasteiger partial charge in [-0.15, -0.1) is 0 Å². The number of aryl methyl sites for hydroxylation is 1. The summed E-state index contributed by atoms with van der Waals surface area (Å²) in [7, 11) is 0. The topological polar surface area (TPSA) is 78.4 Å². The first-order valence-corrected chi connectivity index (χ1v) is 13.5. The molecule has 0 spiro atoms. The Kier molecular flexibility index (Phi) is 7.79. The number of anilines is 1. The minimum Gasteiger partial charge on any atom is -0.335 e. The minimum absolute atomic E-state index is 0.149. The van der Waals surface area contributed by atoms with Crippen LogP contribution in [0.4, 0.5) is 14.5 Å². The lowest BCUT2D eigenvalue weighted by atomic mass is 10.1. The number of nitrogens with one attached hydrogen (secondary N) is 1. The molecule has 0 aliphatic carbocycles. The maximum absolute atomic E-state index is 14.3. The third-order valence-electron chi connectivity index (χ3n) is 6.82. The normalized spacial score (nSPS) is 13.8. The summed E-state index contributed by atoms with van der Waals surface area (Å²) in [4.78, 5) is 38.8. The molecule has 1 saturated heterocycles. The second-order valence-corrected chi connectivity index (χ2v) is 10.2. The van der Waals surface area contributed by atoms with Crippen molar-refractivity contribution in [1.82, 2.24) is 19.8 Å². The molecule has 2 amide bonds. The van der Waals surface area contributed by atoms with E-state index >= 15 is 0 Å². The lowest BCUT2D eigenvalue weighted by Crippen LogP contribution is -2.51. The number of carbonyl (C=O) groups excluding carboxylic acids is 2. The highest BCUT2D eigenvalue weighted by atomic mass is 32.2. The second-order valence-electron chi connectivity index (χ2n) is 9.38. The van der Waals surface area contributed by atoms with E-state index in [9.17, 15) is 18.4 Å². The molecule has 0 saturated carbocycles. The van der Waals surface area contributed by atoms with E-state index in [-0.39, 0.29) is 37.8 Å². The van der Waals surface area contributed by atoms with Gasteiger partial charge in [0.25, 0.3) is 17.7 Å². The second kappa shape index (κ2) is 11.4. The van der Waals surface area contributed by atoms with E-state index in [1.54, 1.807) is 17.2 Å². The molecule has 1 aliphatic heterocycles. The molecule has 4 aromatic rings. The lowest BCUT2D eigenvalue weighted by molar-refractivity contribution is 0.0446. The fourth-order valence-corrected chi connectivity index (χ4v) is 5.44. The van der Waals surface area contributed by atoms with Crippen LogP contribution in [0, 0.1) is 6.92 Å². The van der Waals surface area contributed by atoms with E-state index in [2.05, 4.69) is 21.3 Å². The standard InChI is InChI=1S/C30H27F2N5O2S/c1-3-30(31,32)23-9-6-14-34-27(23)29(39)37-17-15-36(16-18-37)28(38)22-11-12-24(20(2)19-22)35-40-25-10-4-7-21-8-5-13-33-26(21)25/h3-14,19,35H,1,15-18H2,2H3. The van der Waals surface area contributed by atoms with E-state index in [1.807, 2.05) is 49.4 Å². The van der Waals surface area contributed by atoms with Gasteiger partial charge in [0.1, 0.15) is 5.69 Å². The maximum atomic E-state index is 14.3. The van der Waals surface area contributed by atoms with Gasteiger partial charge in [-0.2, -0.15) is 8.78 Å². The van der Waals surface area contributed by atoms with Gasteiger partial charge in [0.05, 0.1) is 16.0 Å². The number of hydrogen-bond donors (Lipinski definition) is 1. The smallest absolute Gasteiger partial charge is 0.293 e. The van der Waals surface area contributed by atoms with Crippen molar-refractivity contribution >= 4 is 40.4 Å². The number of benzene rings is 2. The summed E-state index contributed by atoms with van der Waals surface area (Å²) in [6, 6.07) is 18.0. The molecule has 0 radical (unpaired) electrons. The minimum atomic E-state index is -3.37. The first-order chi connectivity index (χ1) is 19.3. The Morgan fingerprint density at radius 1 is 0.950 bits per heavy atom. The summed E-state index contributed by atoms with van der Waals surface area (Å²) in [5.74, 6) is -4.11. The summed E-state index contributed by atoms with van der Waals surface area (Å²) < 4.78 is 32.0. The molecule has 10 heteroatoms. The fourth-order valence-electron chi connectivity index (χ4n) is 4.58. The third-order valence-corrected chi connectivity index (χ3v) is 7.69. The van der Waals surface area contributed by atoms with E-state index < -0.39 is 17.4 Å². The summed E-state index contributed by atoms with van der Waals surface area (Å²) in [6.45, 7) is 6.11. The number of carbonyl (C=O) groups is 2. The zero-order valence-electron chi connectivity index (χ0n) is 21.8. The predicted molar refractivity (Wildman–Crippen MR) is 153 cm³/mol. The molecule has 204 valence electrons. The van der Waals surface area contributed by atoms with Gasteiger partial charge in [-0.3, -0.25) is 19.6 Å². The zero-order valence-corrected chi connectivity index (χ0v) is 22.6. The average Bonchev–Trinajstić information content (AvgIpc) is 2.99. The van der Waals surface area contributed by atoms with Crippen LogP contribution in [0.1, 0.15) is 32.0 Å². The fraction of sp³-hybridized carbons (Fsp3) is 0.200. The summed E-state index contributed by atoms with van der Waals surface area (Å²) in [5, 5.41) is 1.06. The Hall–Kier alpha value is -4.31. The van der Waals surface area contributed by atoms with Crippen LogP contribution in [0.3, 0.4) is 0 Å². The highest BCUT2D eigenvalue weighted by Crippen LogP contribution is 2.32. The van der Waals surface area contributed by atoms with Crippen molar-refractivity contribution in [3.05, 3.63) is 108 Å². The van der Waals surface area contributed by atoms with Crippen LogP contribution in [0.25, 0.3) is 10.9 Å². The van der Waals surface area contributed by atoms with Crippen LogP contribution in [0.2, 0.25) is 0 Å². The molecule has 2 aromatic heterocycles. The number of halogens is 2. The number of hydrogen-bond acceptors (Lipinski definition) is 6.